The maximum absolute atomic E-state index is 3.49. The van der Waals surface area contributed by atoms with Gasteiger partial charge in [0, 0.05) is 0 Å². The summed E-state index contributed by atoms with van der Waals surface area (Å²) in [6.45, 7) is 0. The molecule has 0 heterocycles. The molecule has 1 heteroatoms. The van der Waals surface area contributed by atoms with Gasteiger partial charge in [0.1, 0.15) is 0 Å². The molecule has 0 radical (unpaired) electrons. The van der Waals surface area contributed by atoms with Gasteiger partial charge in [-0.05, 0) is 77.6 Å². The lowest BCUT2D eigenvalue weighted by Gasteiger charge is -2.11. The highest BCUT2D eigenvalue weighted by molar-refractivity contribution is 9.10. The fourth-order valence-corrected chi connectivity index (χ4v) is 4.01. The average Bonchev–Trinajstić information content (AvgIpc) is 2.68. The van der Waals surface area contributed by atoms with E-state index in [1.165, 1.54) is 37.9 Å². The van der Waals surface area contributed by atoms with Crippen LogP contribution < -0.4 is 0 Å². The molecule has 0 bridgehead atoms. The fourth-order valence-electron chi connectivity index (χ4n) is 3.65. The van der Waals surface area contributed by atoms with E-state index >= 15 is 0 Å². The normalized spacial score (nSPS) is 11.1. The number of halogens is 1. The Labute approximate surface area is 154 Å². The second-order valence-corrected chi connectivity index (χ2v) is 7.07. The Kier molecular flexibility index (Phi) is 3.26. The molecule has 0 aliphatic rings. The van der Waals surface area contributed by atoms with Crippen molar-refractivity contribution in [1.82, 2.24) is 0 Å². The van der Waals surface area contributed by atoms with Gasteiger partial charge in [-0.2, -0.15) is 0 Å². The highest BCUT2D eigenvalue weighted by Gasteiger charge is 2.09. The molecule has 0 saturated heterocycles. The van der Waals surface area contributed by atoms with Crippen LogP contribution in [0.3, 0.4) is 0 Å². The third-order valence-corrected chi connectivity index (χ3v) is 5.21. The van der Waals surface area contributed by atoms with E-state index in [9.17, 15) is 0 Å². The van der Waals surface area contributed by atoms with Crippen LogP contribution in [0.1, 0.15) is 0 Å². The lowest BCUT2D eigenvalue weighted by atomic mass is 9.92. The quantitative estimate of drug-likeness (QED) is 0.270. The van der Waals surface area contributed by atoms with E-state index < -0.39 is 0 Å². The summed E-state index contributed by atoms with van der Waals surface area (Å²) in [4.78, 5) is 0. The van der Waals surface area contributed by atoms with Crippen molar-refractivity contribution in [3.05, 3.63) is 95.5 Å². The first-order valence-corrected chi connectivity index (χ1v) is 9.03. The van der Waals surface area contributed by atoms with Gasteiger partial charge < -0.3 is 0 Å². The van der Waals surface area contributed by atoms with Crippen molar-refractivity contribution in [2.45, 2.75) is 0 Å². The average molecular weight is 381 g/mol. The molecule has 0 aromatic heterocycles. The van der Waals surface area contributed by atoms with Gasteiger partial charge >= 0.3 is 0 Å². The molecule has 0 fully saturated rings. The van der Waals surface area contributed by atoms with Crippen LogP contribution in [0.5, 0.6) is 0 Å². The first-order valence-electron chi connectivity index (χ1n) is 8.24. The van der Waals surface area contributed by atoms with Crippen LogP contribution in [0, 0.1) is 12.1 Å². The first kappa shape index (κ1) is 14.5. The van der Waals surface area contributed by atoms with Gasteiger partial charge in [-0.1, -0.05) is 72.8 Å². The zero-order valence-corrected chi connectivity index (χ0v) is 15.0. The Morgan fingerprint density at radius 1 is 0.560 bits per heavy atom. The summed E-state index contributed by atoms with van der Waals surface area (Å²) in [5, 5.41) is 7.79. The highest BCUT2D eigenvalue weighted by atomic mass is 79.9. The standard InChI is InChI=1S/C24H13Br/c25-18-7-5-6-16(14-18)17-12-13-23-21-10-2-1-8-19(21)20-9-3-4-11-22(20)24(23)15-17/h1-4,6,8-15H. The van der Waals surface area contributed by atoms with E-state index in [2.05, 4.69) is 101 Å². The molecular weight excluding hydrogens is 368 g/mol. The minimum absolute atomic E-state index is 0.925. The molecule has 0 saturated carbocycles. The lowest BCUT2D eigenvalue weighted by Crippen LogP contribution is -1.84. The third-order valence-electron chi connectivity index (χ3n) is 4.78. The number of rotatable bonds is 1. The summed E-state index contributed by atoms with van der Waals surface area (Å²) >= 11 is 3.49. The Morgan fingerprint density at radius 2 is 1.12 bits per heavy atom. The van der Waals surface area contributed by atoms with E-state index in [1.54, 1.807) is 0 Å². The highest BCUT2D eigenvalue weighted by Crippen LogP contribution is 2.36. The summed E-state index contributed by atoms with van der Waals surface area (Å²) < 4.78 is 0.925. The molecule has 0 nitrogen and oxygen atoms in total. The molecule has 0 N–H and O–H groups in total. The monoisotopic (exact) mass is 380 g/mol. The van der Waals surface area contributed by atoms with Crippen molar-refractivity contribution in [3.8, 4) is 11.1 Å². The Morgan fingerprint density at radius 3 is 1.72 bits per heavy atom. The fraction of sp³-hybridized carbons (Fsp3) is 0. The summed E-state index contributed by atoms with van der Waals surface area (Å²) in [5.41, 5.74) is 2.34. The van der Waals surface area contributed by atoms with Crippen molar-refractivity contribution in [3.63, 3.8) is 0 Å². The van der Waals surface area contributed by atoms with Gasteiger partial charge in [0.05, 0.1) is 4.47 Å². The Balaban J connectivity index is 1.93. The predicted molar refractivity (Wildman–Crippen MR) is 110 cm³/mol. The molecule has 116 valence electrons. The lowest BCUT2D eigenvalue weighted by molar-refractivity contribution is 1.64. The van der Waals surface area contributed by atoms with E-state index in [0.29, 0.717) is 0 Å². The minimum atomic E-state index is 0.925. The van der Waals surface area contributed by atoms with Crippen molar-refractivity contribution in [2.24, 2.45) is 0 Å². The van der Waals surface area contributed by atoms with Crippen LogP contribution in [0.2, 0.25) is 0 Å². The van der Waals surface area contributed by atoms with E-state index in [4.69, 9.17) is 0 Å². The molecular formula is C24H13Br. The molecule has 5 aromatic rings. The number of hydrogen-bond donors (Lipinski definition) is 0. The van der Waals surface area contributed by atoms with Crippen LogP contribution >= 0.6 is 15.9 Å². The predicted octanol–water partition coefficient (Wildman–Crippen LogP) is 7.18. The molecule has 0 atom stereocenters. The molecule has 5 rings (SSSR count). The van der Waals surface area contributed by atoms with E-state index in [1.807, 2.05) is 6.07 Å². The zero-order chi connectivity index (χ0) is 16.8. The van der Waals surface area contributed by atoms with Crippen LogP contribution in [0.4, 0.5) is 0 Å². The molecule has 0 aliphatic heterocycles. The van der Waals surface area contributed by atoms with Crippen LogP contribution in [0.25, 0.3) is 43.4 Å². The third kappa shape index (κ3) is 2.30. The largest absolute Gasteiger partial charge is 0.0684 e. The van der Waals surface area contributed by atoms with Gasteiger partial charge in [-0.15, -0.1) is 0 Å². The van der Waals surface area contributed by atoms with Gasteiger partial charge in [-0.25, -0.2) is 0 Å². The summed E-state index contributed by atoms with van der Waals surface area (Å²) in [5.74, 6) is 0. The van der Waals surface area contributed by atoms with Crippen molar-refractivity contribution >= 4 is 48.2 Å². The SMILES string of the molecule is Brc1c#ccc(-c2ccc3c4ccccc4c4ccccc4c3c2)c1. The first-order chi connectivity index (χ1) is 12.3. The summed E-state index contributed by atoms with van der Waals surface area (Å²) in [6, 6.07) is 34.2. The molecule has 0 aliphatic carbocycles. The van der Waals surface area contributed by atoms with Gasteiger partial charge in [-0.3, -0.25) is 0 Å². The minimum Gasteiger partial charge on any atom is -0.0684 e. The molecule has 0 spiro atoms. The maximum atomic E-state index is 3.49. The Hall–Kier alpha value is -2.82. The van der Waals surface area contributed by atoms with Gasteiger partial charge in [0.25, 0.3) is 0 Å². The number of benzene rings is 4. The number of hydrogen-bond acceptors (Lipinski definition) is 0. The second-order valence-electron chi connectivity index (χ2n) is 6.21. The smallest absolute Gasteiger partial charge is 0.0683 e. The van der Waals surface area contributed by atoms with Gasteiger partial charge in [0.15, 0.2) is 0 Å². The molecule has 25 heavy (non-hydrogen) atoms. The summed E-state index contributed by atoms with van der Waals surface area (Å²) in [6.07, 6.45) is 0. The summed E-state index contributed by atoms with van der Waals surface area (Å²) in [7, 11) is 0. The molecule has 5 aromatic carbocycles. The molecule has 0 unspecified atom stereocenters. The van der Waals surface area contributed by atoms with Crippen molar-refractivity contribution in [1.29, 1.82) is 0 Å². The van der Waals surface area contributed by atoms with Crippen LogP contribution in [-0.4, -0.2) is 0 Å². The topological polar surface area (TPSA) is 0 Å². The van der Waals surface area contributed by atoms with Gasteiger partial charge in [0.2, 0.25) is 0 Å². The Bertz CT molecular complexity index is 1220. The van der Waals surface area contributed by atoms with Crippen LogP contribution in [-0.2, 0) is 0 Å². The van der Waals surface area contributed by atoms with Crippen LogP contribution in [0.15, 0.2) is 83.3 Å². The van der Waals surface area contributed by atoms with Crippen molar-refractivity contribution < 1.29 is 0 Å². The second kappa shape index (κ2) is 5.62. The zero-order valence-electron chi connectivity index (χ0n) is 13.4. The van der Waals surface area contributed by atoms with Crippen molar-refractivity contribution in [2.75, 3.05) is 0 Å². The van der Waals surface area contributed by atoms with E-state index in [-0.39, 0.29) is 0 Å². The number of fused-ring (bicyclic) bond motifs is 6. The maximum Gasteiger partial charge on any atom is 0.0683 e. The molecule has 0 amide bonds. The van der Waals surface area contributed by atoms with E-state index in [0.717, 1.165) is 10.0 Å².